The van der Waals surface area contributed by atoms with Crippen LogP contribution < -0.4 is 15.8 Å². The highest BCUT2D eigenvalue weighted by atomic mass is 16.5. The lowest BCUT2D eigenvalue weighted by atomic mass is 9.95. The molecule has 1 heterocycles. The first-order chi connectivity index (χ1) is 12.5. The first-order valence-electron chi connectivity index (χ1n) is 9.21. The first-order valence-corrected chi connectivity index (χ1v) is 9.21. The van der Waals surface area contributed by atoms with E-state index in [-0.39, 0.29) is 17.6 Å². The third-order valence-corrected chi connectivity index (χ3v) is 4.59. The van der Waals surface area contributed by atoms with E-state index in [4.69, 9.17) is 15.5 Å². The summed E-state index contributed by atoms with van der Waals surface area (Å²) in [5, 5.41) is 13.5. The lowest BCUT2D eigenvalue weighted by Gasteiger charge is -2.34. The molecule has 144 valence electrons. The van der Waals surface area contributed by atoms with Gasteiger partial charge in [-0.2, -0.15) is 0 Å². The number of phenols is 1. The van der Waals surface area contributed by atoms with Crippen molar-refractivity contribution in [1.29, 1.82) is 0 Å². The third-order valence-electron chi connectivity index (χ3n) is 4.59. The van der Waals surface area contributed by atoms with Crippen LogP contribution in [0.4, 0.5) is 0 Å². The Balaban J connectivity index is 2.01. The number of rotatable bonds is 7. The molecule has 4 N–H and O–H groups in total. The molecule has 1 saturated heterocycles. The van der Waals surface area contributed by atoms with E-state index in [2.05, 4.69) is 10.2 Å². The average molecular weight is 362 g/mol. The number of carbonyl (C=O) groups excluding carboxylic acids is 1. The van der Waals surface area contributed by atoms with Crippen molar-refractivity contribution in [2.45, 2.75) is 32.6 Å². The van der Waals surface area contributed by atoms with Crippen LogP contribution >= 0.6 is 0 Å². The highest BCUT2D eigenvalue weighted by molar-refractivity contribution is 5.80. The Labute approximate surface area is 155 Å². The Morgan fingerprint density at radius 3 is 3.00 bits per heavy atom. The van der Waals surface area contributed by atoms with Gasteiger partial charge in [-0.15, -0.1) is 0 Å². The van der Waals surface area contributed by atoms with Gasteiger partial charge in [-0.3, -0.25) is 9.79 Å². The highest BCUT2D eigenvalue weighted by Crippen LogP contribution is 2.29. The number of aromatic hydroxyl groups is 1. The number of likely N-dealkylation sites (tertiary alicyclic amines) is 1. The van der Waals surface area contributed by atoms with E-state index in [9.17, 15) is 9.90 Å². The number of hydrogen-bond acceptors (Lipinski definition) is 4. The largest absolute Gasteiger partial charge is 0.504 e. The summed E-state index contributed by atoms with van der Waals surface area (Å²) in [6.07, 6.45) is 3.10. The molecular formula is C19H30N4O3. The van der Waals surface area contributed by atoms with Crippen LogP contribution in [0.1, 0.15) is 31.7 Å². The predicted octanol–water partition coefficient (Wildman–Crippen LogP) is 1.50. The zero-order valence-electron chi connectivity index (χ0n) is 15.7. The van der Waals surface area contributed by atoms with E-state index in [1.54, 1.807) is 13.2 Å². The van der Waals surface area contributed by atoms with Crippen LogP contribution in [-0.4, -0.2) is 55.2 Å². The monoisotopic (exact) mass is 362 g/mol. The molecular weight excluding hydrogens is 332 g/mol. The number of nitrogens with one attached hydrogen (secondary N) is 1. The number of benzene rings is 1. The van der Waals surface area contributed by atoms with Gasteiger partial charge in [-0.05, 0) is 43.7 Å². The number of nitrogens with zero attached hydrogens (tertiary/aromatic N) is 2. The number of piperidine rings is 1. The predicted molar refractivity (Wildman–Crippen MR) is 102 cm³/mol. The number of nitrogens with two attached hydrogens (primary N) is 1. The van der Waals surface area contributed by atoms with Gasteiger partial charge in [-0.25, -0.2) is 0 Å². The van der Waals surface area contributed by atoms with Gasteiger partial charge in [0.2, 0.25) is 5.91 Å². The second kappa shape index (κ2) is 9.89. The molecule has 1 aromatic carbocycles. The summed E-state index contributed by atoms with van der Waals surface area (Å²) in [6.45, 7) is 5.08. The van der Waals surface area contributed by atoms with Crippen LogP contribution in [0.2, 0.25) is 0 Å². The van der Waals surface area contributed by atoms with Crippen LogP contribution in [-0.2, 0) is 11.2 Å². The fourth-order valence-corrected chi connectivity index (χ4v) is 3.35. The minimum Gasteiger partial charge on any atom is -0.504 e. The number of guanidine groups is 1. The van der Waals surface area contributed by atoms with Crippen LogP contribution in [0.5, 0.6) is 11.5 Å². The maximum absolute atomic E-state index is 11.2. The second-order valence-corrected chi connectivity index (χ2v) is 6.58. The maximum Gasteiger partial charge on any atom is 0.217 e. The van der Waals surface area contributed by atoms with Crippen molar-refractivity contribution in [2.75, 3.05) is 33.3 Å². The van der Waals surface area contributed by atoms with Gasteiger partial charge in [-0.1, -0.05) is 12.1 Å². The van der Waals surface area contributed by atoms with Crippen molar-refractivity contribution in [2.24, 2.45) is 16.6 Å². The summed E-state index contributed by atoms with van der Waals surface area (Å²) in [5.41, 5.74) is 6.16. The number of phenolic OH excluding ortho intramolecular Hbond substituents is 1. The van der Waals surface area contributed by atoms with Crippen molar-refractivity contribution in [3.63, 3.8) is 0 Å². The topological polar surface area (TPSA) is 100 Å². The highest BCUT2D eigenvalue weighted by Gasteiger charge is 2.23. The normalized spacial score (nSPS) is 17.8. The van der Waals surface area contributed by atoms with Gasteiger partial charge in [0.15, 0.2) is 17.5 Å². The molecule has 0 saturated carbocycles. The molecule has 0 bridgehead atoms. The third kappa shape index (κ3) is 5.54. The van der Waals surface area contributed by atoms with Gasteiger partial charge in [0.25, 0.3) is 0 Å². The number of carbonyl (C=O) groups is 1. The van der Waals surface area contributed by atoms with E-state index in [0.717, 1.165) is 44.0 Å². The number of ether oxygens (including phenoxy) is 1. The van der Waals surface area contributed by atoms with Gasteiger partial charge in [0, 0.05) is 32.6 Å². The molecule has 7 heteroatoms. The quantitative estimate of drug-likeness (QED) is 0.504. The summed E-state index contributed by atoms with van der Waals surface area (Å²) in [4.78, 5) is 18.1. The molecule has 1 aliphatic rings. The number of para-hydroxylation sites is 1. The smallest absolute Gasteiger partial charge is 0.217 e. The van der Waals surface area contributed by atoms with Gasteiger partial charge >= 0.3 is 0 Å². The minimum absolute atomic E-state index is 0.176. The standard InChI is InChI=1S/C19H30N4O3/c1-3-21-19(23-11-5-6-14(13-23)12-17(20)24)22-10-9-15-7-4-8-16(26-2)18(15)25/h4,7-8,14,25H,3,5-6,9-13H2,1-2H3,(H2,20,24)(H,21,22). The molecule has 1 aromatic rings. The zero-order chi connectivity index (χ0) is 18.9. The fourth-order valence-electron chi connectivity index (χ4n) is 3.35. The number of primary amides is 1. The molecule has 1 amide bonds. The Hall–Kier alpha value is -2.44. The van der Waals surface area contributed by atoms with E-state index in [0.29, 0.717) is 25.1 Å². The molecule has 2 rings (SSSR count). The summed E-state index contributed by atoms with van der Waals surface area (Å²) in [5.74, 6) is 1.54. The molecule has 7 nitrogen and oxygen atoms in total. The lowest BCUT2D eigenvalue weighted by molar-refractivity contribution is -0.119. The lowest BCUT2D eigenvalue weighted by Crippen LogP contribution is -2.47. The second-order valence-electron chi connectivity index (χ2n) is 6.58. The average Bonchev–Trinajstić information content (AvgIpc) is 2.62. The zero-order valence-corrected chi connectivity index (χ0v) is 15.7. The Morgan fingerprint density at radius 1 is 1.50 bits per heavy atom. The van der Waals surface area contributed by atoms with Crippen LogP contribution in [0.3, 0.4) is 0 Å². The fraction of sp³-hybridized carbons (Fsp3) is 0.579. The maximum atomic E-state index is 11.2. The van der Waals surface area contributed by atoms with Crippen LogP contribution in [0.25, 0.3) is 0 Å². The SMILES string of the molecule is CCNC(=NCCc1cccc(OC)c1O)N1CCCC(CC(N)=O)C1. The van der Waals surface area contributed by atoms with E-state index >= 15 is 0 Å². The number of amides is 1. The number of methoxy groups -OCH3 is 1. The van der Waals surface area contributed by atoms with Gasteiger partial charge in [0.05, 0.1) is 7.11 Å². The Kier molecular flexibility index (Phi) is 7.56. The van der Waals surface area contributed by atoms with E-state index in [1.807, 2.05) is 19.1 Å². The summed E-state index contributed by atoms with van der Waals surface area (Å²) in [6, 6.07) is 5.48. The molecule has 26 heavy (non-hydrogen) atoms. The molecule has 0 aliphatic carbocycles. The summed E-state index contributed by atoms with van der Waals surface area (Å²) >= 11 is 0. The Morgan fingerprint density at radius 2 is 2.31 bits per heavy atom. The van der Waals surface area contributed by atoms with Gasteiger partial charge < -0.3 is 25.8 Å². The molecule has 1 fully saturated rings. The van der Waals surface area contributed by atoms with Gasteiger partial charge in [0.1, 0.15) is 0 Å². The molecule has 0 radical (unpaired) electrons. The van der Waals surface area contributed by atoms with E-state index in [1.165, 1.54) is 0 Å². The molecule has 1 atom stereocenters. The number of hydrogen-bond donors (Lipinski definition) is 3. The van der Waals surface area contributed by atoms with Crippen molar-refractivity contribution in [1.82, 2.24) is 10.2 Å². The minimum atomic E-state index is -0.243. The molecule has 0 spiro atoms. The van der Waals surface area contributed by atoms with Crippen LogP contribution in [0, 0.1) is 5.92 Å². The van der Waals surface area contributed by atoms with Crippen LogP contribution in [0.15, 0.2) is 23.2 Å². The van der Waals surface area contributed by atoms with Crippen molar-refractivity contribution < 1.29 is 14.6 Å². The van der Waals surface area contributed by atoms with Crippen molar-refractivity contribution in [3.8, 4) is 11.5 Å². The Bertz CT molecular complexity index is 633. The summed E-state index contributed by atoms with van der Waals surface area (Å²) in [7, 11) is 1.54. The molecule has 1 unspecified atom stereocenters. The summed E-state index contributed by atoms with van der Waals surface area (Å²) < 4.78 is 5.15. The number of aliphatic imine (C=N–C) groups is 1. The molecule has 1 aliphatic heterocycles. The van der Waals surface area contributed by atoms with Crippen molar-refractivity contribution in [3.05, 3.63) is 23.8 Å². The first kappa shape index (κ1) is 19.9. The molecule has 0 aromatic heterocycles. The van der Waals surface area contributed by atoms with Crippen molar-refractivity contribution >= 4 is 11.9 Å². The van der Waals surface area contributed by atoms with E-state index < -0.39 is 0 Å².